The van der Waals surface area contributed by atoms with Gasteiger partial charge in [0, 0.05) is 0 Å². The van der Waals surface area contributed by atoms with E-state index in [9.17, 15) is 40.5 Å². The maximum Gasteiger partial charge on any atom is 0.481 e. The lowest BCUT2D eigenvalue weighted by atomic mass is 10.1. The molecule has 0 aliphatic rings. The molecule has 0 aromatic carbocycles. The highest BCUT2D eigenvalue weighted by atomic mass is 17.0. The Bertz CT molecular complexity index is 383. The molecule has 0 N–H and O–H groups in total. The summed E-state index contributed by atoms with van der Waals surface area (Å²) >= 11 is 0. The van der Waals surface area contributed by atoms with Crippen molar-refractivity contribution in [3.05, 3.63) is 40.5 Å². The van der Waals surface area contributed by atoms with Crippen LogP contribution in [0.15, 0.2) is 0 Å². The van der Waals surface area contributed by atoms with Crippen molar-refractivity contribution in [1.82, 2.24) is 0 Å². The Morgan fingerprint density at radius 2 is 1.30 bits per heavy atom. The molecule has 0 amide bonds. The second-order valence-electron chi connectivity index (χ2n) is 3.51. The monoisotopic (exact) mass is 298 g/mol. The number of nitrogens with zero attached hydrogens (tertiary/aromatic N) is 4. The van der Waals surface area contributed by atoms with Crippen molar-refractivity contribution in [2.45, 2.75) is 24.9 Å². The van der Waals surface area contributed by atoms with Gasteiger partial charge in [-0.15, -0.1) is 20.2 Å². The molecule has 0 bridgehead atoms. The molecule has 14 nitrogen and oxygen atoms in total. The molecular formula is C6H10N4O10. The molecule has 0 fully saturated rings. The fraction of sp³-hybridized carbons (Fsp3) is 1.00. The Morgan fingerprint density at radius 1 is 0.800 bits per heavy atom. The van der Waals surface area contributed by atoms with Crippen LogP contribution in [0.5, 0.6) is 0 Å². The number of rotatable bonds is 11. The minimum atomic E-state index is -2.87. The number of nitro groups is 2. The van der Waals surface area contributed by atoms with E-state index in [1.807, 2.05) is 0 Å². The normalized spacial score (nSPS) is 10.6. The first-order valence-electron chi connectivity index (χ1n) is 5.06. The van der Waals surface area contributed by atoms with Gasteiger partial charge in [0.1, 0.15) is 9.85 Å². The Morgan fingerprint density at radius 3 is 1.70 bits per heavy atom. The number of hydrogen-bond donors (Lipinski definition) is 0. The Labute approximate surface area is 109 Å². The van der Waals surface area contributed by atoms with Gasteiger partial charge in [0.2, 0.25) is 6.61 Å². The molecule has 0 radical (unpaired) electrons. The van der Waals surface area contributed by atoms with Crippen LogP contribution in [0.1, 0.15) is 19.3 Å². The summed E-state index contributed by atoms with van der Waals surface area (Å²) in [4.78, 5) is 46.4. The van der Waals surface area contributed by atoms with Crippen molar-refractivity contribution in [3.63, 3.8) is 0 Å². The largest absolute Gasteiger partial charge is 0.481 e. The van der Waals surface area contributed by atoms with Crippen LogP contribution >= 0.6 is 0 Å². The molecule has 0 aliphatic carbocycles. The van der Waals surface area contributed by atoms with Crippen molar-refractivity contribution in [1.29, 1.82) is 0 Å². The fourth-order valence-corrected chi connectivity index (χ4v) is 1.23. The van der Waals surface area contributed by atoms with Crippen LogP contribution in [0.2, 0.25) is 0 Å². The number of unbranched alkanes of at least 4 members (excludes halogenated alkanes) is 1. The molecule has 20 heavy (non-hydrogen) atoms. The zero-order chi connectivity index (χ0) is 15.8. The average molecular weight is 298 g/mol. The average Bonchev–Trinajstić information content (AvgIpc) is 2.31. The first-order valence-corrected chi connectivity index (χ1v) is 5.06. The third-order valence-electron chi connectivity index (χ3n) is 2.25. The third-order valence-corrected chi connectivity index (χ3v) is 2.25. The van der Waals surface area contributed by atoms with Gasteiger partial charge in [-0.05, 0) is 12.8 Å². The topological polar surface area (TPSA) is 191 Å². The second kappa shape index (κ2) is 7.59. The van der Waals surface area contributed by atoms with E-state index in [1.165, 1.54) is 0 Å². The molecule has 0 heterocycles. The van der Waals surface area contributed by atoms with E-state index in [4.69, 9.17) is 0 Å². The molecular weight excluding hydrogens is 288 g/mol. The predicted molar refractivity (Wildman–Crippen MR) is 56.5 cm³/mol. The van der Waals surface area contributed by atoms with Crippen LogP contribution in [0, 0.1) is 40.5 Å². The van der Waals surface area contributed by atoms with Crippen LogP contribution in [-0.4, -0.2) is 38.9 Å². The summed E-state index contributed by atoms with van der Waals surface area (Å²) in [6, 6.07) is 0. The van der Waals surface area contributed by atoms with E-state index >= 15 is 0 Å². The molecule has 114 valence electrons. The summed E-state index contributed by atoms with van der Waals surface area (Å²) in [6.07, 6.45) is -0.943. The van der Waals surface area contributed by atoms with E-state index in [0.717, 1.165) is 0 Å². The first kappa shape index (κ1) is 17.2. The Balaban J connectivity index is 4.59. The zero-order valence-electron chi connectivity index (χ0n) is 9.91. The summed E-state index contributed by atoms with van der Waals surface area (Å²) in [7, 11) is 0. The first-order chi connectivity index (χ1) is 9.22. The molecule has 0 atom stereocenters. The van der Waals surface area contributed by atoms with E-state index in [2.05, 4.69) is 9.68 Å². The van der Waals surface area contributed by atoms with Gasteiger partial charge in [-0.25, -0.2) is 0 Å². The molecule has 0 unspecified atom stereocenters. The molecule has 0 saturated carbocycles. The highest BCUT2D eigenvalue weighted by Gasteiger charge is 2.56. The van der Waals surface area contributed by atoms with E-state index in [-0.39, 0.29) is 12.8 Å². The lowest BCUT2D eigenvalue weighted by molar-refractivity contribution is -0.837. The van der Waals surface area contributed by atoms with Gasteiger partial charge in [0.25, 0.3) is 10.2 Å². The second-order valence-corrected chi connectivity index (χ2v) is 3.51. The van der Waals surface area contributed by atoms with Crippen LogP contribution < -0.4 is 0 Å². The summed E-state index contributed by atoms with van der Waals surface area (Å²) < 4.78 is 0. The molecule has 0 aromatic rings. The molecule has 0 aromatic heterocycles. The van der Waals surface area contributed by atoms with Gasteiger partial charge in [-0.3, -0.25) is 25.1 Å². The lowest BCUT2D eigenvalue weighted by Gasteiger charge is -2.15. The zero-order valence-corrected chi connectivity index (χ0v) is 9.91. The fourth-order valence-electron chi connectivity index (χ4n) is 1.23. The Hall–Kier alpha value is -2.80. The lowest BCUT2D eigenvalue weighted by Crippen LogP contribution is -2.50. The van der Waals surface area contributed by atoms with Crippen molar-refractivity contribution < 1.29 is 29.7 Å². The predicted octanol–water partition coefficient (Wildman–Crippen LogP) is -0.177. The summed E-state index contributed by atoms with van der Waals surface area (Å²) in [5.41, 5.74) is -2.87. The van der Waals surface area contributed by atoms with Crippen molar-refractivity contribution in [3.8, 4) is 0 Å². The molecule has 0 spiro atoms. The standard InChI is InChI=1S/C6H10N4O10/c11-7(12)6(8(13)14,5-20-10(17)18)3-1-2-4-19-9(15)16/h1-5H2. The van der Waals surface area contributed by atoms with Gasteiger partial charge in [0.15, 0.2) is 0 Å². The van der Waals surface area contributed by atoms with Gasteiger partial charge in [0.05, 0.1) is 13.0 Å². The molecule has 0 aliphatic heterocycles. The molecule has 0 saturated heterocycles. The van der Waals surface area contributed by atoms with Crippen LogP contribution in [0.4, 0.5) is 0 Å². The van der Waals surface area contributed by atoms with Crippen LogP contribution in [-0.2, 0) is 9.68 Å². The van der Waals surface area contributed by atoms with Gasteiger partial charge < -0.3 is 4.84 Å². The van der Waals surface area contributed by atoms with E-state index in [0.29, 0.717) is 0 Å². The maximum absolute atomic E-state index is 10.8. The van der Waals surface area contributed by atoms with Gasteiger partial charge in [-0.1, -0.05) is 0 Å². The van der Waals surface area contributed by atoms with Crippen LogP contribution in [0.3, 0.4) is 0 Å². The van der Waals surface area contributed by atoms with Gasteiger partial charge in [-0.2, -0.15) is 0 Å². The third kappa shape index (κ3) is 5.23. The number of hydrogen-bond acceptors (Lipinski definition) is 10. The van der Waals surface area contributed by atoms with Crippen molar-refractivity contribution >= 4 is 0 Å². The van der Waals surface area contributed by atoms with Crippen molar-refractivity contribution in [2.75, 3.05) is 13.2 Å². The summed E-state index contributed by atoms with van der Waals surface area (Å²) in [6.45, 7) is -1.75. The van der Waals surface area contributed by atoms with Crippen molar-refractivity contribution in [2.24, 2.45) is 0 Å². The minimum Gasteiger partial charge on any atom is -0.314 e. The molecule has 14 heteroatoms. The maximum atomic E-state index is 10.8. The highest BCUT2D eigenvalue weighted by molar-refractivity contribution is 4.66. The quantitative estimate of drug-likeness (QED) is 0.214. The Kier molecular flexibility index (Phi) is 6.53. The van der Waals surface area contributed by atoms with Crippen LogP contribution in [0.25, 0.3) is 0 Å². The summed E-state index contributed by atoms with van der Waals surface area (Å²) in [5.74, 6) is 0. The minimum absolute atomic E-state index is 0.0666. The van der Waals surface area contributed by atoms with E-state index < -0.39 is 45.3 Å². The summed E-state index contributed by atoms with van der Waals surface area (Å²) in [5, 5.41) is 38.9. The van der Waals surface area contributed by atoms with Gasteiger partial charge >= 0.3 is 5.66 Å². The SMILES string of the molecule is O=[N+]([O-])OCCCCC(CO[N+](=O)[O-])([N+](=O)[O-])[N+](=O)[O-]. The molecule has 0 rings (SSSR count). The van der Waals surface area contributed by atoms with E-state index in [1.54, 1.807) is 0 Å². The smallest absolute Gasteiger partial charge is 0.314 e. The highest BCUT2D eigenvalue weighted by Crippen LogP contribution is 2.20.